The Labute approximate surface area is 153 Å². The predicted octanol–water partition coefficient (Wildman–Crippen LogP) is 4.42. The van der Waals surface area contributed by atoms with E-state index in [1.807, 2.05) is 36.0 Å². The highest BCUT2D eigenvalue weighted by Gasteiger charge is 2.14. The van der Waals surface area contributed by atoms with Gasteiger partial charge < -0.3 is 9.47 Å². The van der Waals surface area contributed by atoms with Crippen molar-refractivity contribution < 1.29 is 9.47 Å². The fourth-order valence-electron chi connectivity index (χ4n) is 2.51. The number of aromatic nitrogens is 1. The van der Waals surface area contributed by atoms with Crippen LogP contribution in [0.2, 0.25) is 0 Å². The third kappa shape index (κ3) is 4.51. The van der Waals surface area contributed by atoms with E-state index in [0.29, 0.717) is 5.92 Å². The van der Waals surface area contributed by atoms with Gasteiger partial charge in [0.1, 0.15) is 11.5 Å². The number of benzene rings is 1. The first-order valence-electron chi connectivity index (χ1n) is 8.66. The standard InChI is InChI=1S/C19H27N3O2S/c1-6-14(7-2)12-21-22-17(13-25-19(22)20-8-3)16-11-15(23-4)9-10-18(16)24-5/h9-14H,6-8H2,1-5H3. The molecular weight excluding hydrogens is 334 g/mol. The second kappa shape index (κ2) is 9.42. The molecule has 0 aliphatic rings. The van der Waals surface area contributed by atoms with Gasteiger partial charge in [0.05, 0.1) is 19.9 Å². The summed E-state index contributed by atoms with van der Waals surface area (Å²) >= 11 is 1.58. The molecule has 5 nitrogen and oxygen atoms in total. The molecule has 0 aliphatic carbocycles. The van der Waals surface area contributed by atoms with Gasteiger partial charge >= 0.3 is 0 Å². The number of thiazole rings is 1. The Morgan fingerprint density at radius 3 is 2.52 bits per heavy atom. The molecule has 0 fully saturated rings. The molecule has 0 saturated carbocycles. The SMILES string of the molecule is CCN=c1scc(-c2cc(OC)ccc2OC)n1N=CC(CC)CC. The number of hydrogen-bond acceptors (Lipinski definition) is 5. The smallest absolute Gasteiger partial charge is 0.206 e. The maximum Gasteiger partial charge on any atom is 0.206 e. The molecule has 0 spiro atoms. The van der Waals surface area contributed by atoms with Crippen LogP contribution < -0.4 is 14.3 Å². The van der Waals surface area contributed by atoms with Crippen molar-refractivity contribution in [2.24, 2.45) is 16.0 Å². The van der Waals surface area contributed by atoms with Gasteiger partial charge in [0.15, 0.2) is 0 Å². The predicted molar refractivity (Wildman–Crippen MR) is 105 cm³/mol. The van der Waals surface area contributed by atoms with E-state index in [0.717, 1.165) is 46.9 Å². The lowest BCUT2D eigenvalue weighted by Gasteiger charge is -2.11. The molecule has 0 atom stereocenters. The Morgan fingerprint density at radius 2 is 1.92 bits per heavy atom. The average molecular weight is 362 g/mol. The summed E-state index contributed by atoms with van der Waals surface area (Å²) in [6.45, 7) is 7.11. The fraction of sp³-hybridized carbons (Fsp3) is 0.474. The van der Waals surface area contributed by atoms with Crippen LogP contribution in [0.5, 0.6) is 11.5 Å². The molecule has 6 heteroatoms. The summed E-state index contributed by atoms with van der Waals surface area (Å²) in [6.07, 6.45) is 4.17. The zero-order valence-corrected chi connectivity index (χ0v) is 16.5. The lowest BCUT2D eigenvalue weighted by Crippen LogP contribution is -2.14. The molecule has 1 aromatic heterocycles. The molecule has 1 heterocycles. The minimum atomic E-state index is 0.460. The molecule has 1 aromatic carbocycles. The molecule has 0 bridgehead atoms. The van der Waals surface area contributed by atoms with Crippen molar-refractivity contribution in [2.75, 3.05) is 20.8 Å². The molecule has 0 radical (unpaired) electrons. The van der Waals surface area contributed by atoms with Crippen LogP contribution in [0.25, 0.3) is 11.3 Å². The molecule has 0 amide bonds. The molecule has 0 aliphatic heterocycles. The second-order valence-electron chi connectivity index (χ2n) is 5.60. The van der Waals surface area contributed by atoms with Crippen molar-refractivity contribution in [2.45, 2.75) is 33.6 Å². The van der Waals surface area contributed by atoms with E-state index < -0.39 is 0 Å². The van der Waals surface area contributed by atoms with Crippen molar-refractivity contribution in [3.8, 4) is 22.8 Å². The number of ether oxygens (including phenoxy) is 2. The van der Waals surface area contributed by atoms with Crippen LogP contribution in [0, 0.1) is 5.92 Å². The minimum absolute atomic E-state index is 0.460. The largest absolute Gasteiger partial charge is 0.497 e. The van der Waals surface area contributed by atoms with Gasteiger partial charge in [0.2, 0.25) is 4.80 Å². The summed E-state index contributed by atoms with van der Waals surface area (Å²) in [5.74, 6) is 2.03. The Hall–Kier alpha value is -2.08. The van der Waals surface area contributed by atoms with Gasteiger partial charge in [-0.2, -0.15) is 5.10 Å². The van der Waals surface area contributed by atoms with Crippen LogP contribution in [0.1, 0.15) is 33.6 Å². The van der Waals surface area contributed by atoms with E-state index in [9.17, 15) is 0 Å². The number of nitrogens with zero attached hydrogens (tertiary/aromatic N) is 3. The van der Waals surface area contributed by atoms with Crippen LogP contribution in [0.15, 0.2) is 33.7 Å². The minimum Gasteiger partial charge on any atom is -0.497 e. The Morgan fingerprint density at radius 1 is 1.16 bits per heavy atom. The summed E-state index contributed by atoms with van der Waals surface area (Å²) in [5.41, 5.74) is 1.90. The van der Waals surface area contributed by atoms with E-state index in [-0.39, 0.29) is 0 Å². The lowest BCUT2D eigenvalue weighted by atomic mass is 10.1. The number of hydrogen-bond donors (Lipinski definition) is 0. The topological polar surface area (TPSA) is 48.1 Å². The Kier molecular flexibility index (Phi) is 7.25. The van der Waals surface area contributed by atoms with E-state index in [1.54, 1.807) is 25.6 Å². The van der Waals surface area contributed by atoms with E-state index in [1.165, 1.54) is 0 Å². The molecular formula is C19H27N3O2S. The molecule has 2 rings (SSSR count). The van der Waals surface area contributed by atoms with Gasteiger partial charge in [-0.3, -0.25) is 4.99 Å². The third-order valence-corrected chi connectivity index (χ3v) is 4.96. The van der Waals surface area contributed by atoms with Gasteiger partial charge in [-0.1, -0.05) is 13.8 Å². The van der Waals surface area contributed by atoms with Crippen molar-refractivity contribution >= 4 is 17.6 Å². The highest BCUT2D eigenvalue weighted by molar-refractivity contribution is 7.07. The first-order valence-corrected chi connectivity index (χ1v) is 9.54. The highest BCUT2D eigenvalue weighted by Crippen LogP contribution is 2.33. The van der Waals surface area contributed by atoms with E-state index in [4.69, 9.17) is 14.6 Å². The second-order valence-corrected chi connectivity index (χ2v) is 6.43. The van der Waals surface area contributed by atoms with Gasteiger partial charge in [-0.15, -0.1) is 11.3 Å². The van der Waals surface area contributed by atoms with Crippen molar-refractivity contribution in [1.82, 2.24) is 4.68 Å². The van der Waals surface area contributed by atoms with E-state index in [2.05, 4.69) is 24.2 Å². The quantitative estimate of drug-likeness (QED) is 0.653. The third-order valence-electron chi connectivity index (χ3n) is 4.10. The molecule has 25 heavy (non-hydrogen) atoms. The zero-order chi connectivity index (χ0) is 18.2. The van der Waals surface area contributed by atoms with Crippen molar-refractivity contribution in [1.29, 1.82) is 0 Å². The monoisotopic (exact) mass is 361 g/mol. The van der Waals surface area contributed by atoms with Crippen LogP contribution in [0.3, 0.4) is 0 Å². The summed E-state index contributed by atoms with van der Waals surface area (Å²) in [5, 5.41) is 6.81. The first kappa shape index (κ1) is 19.2. The Bertz CT molecular complexity index is 773. The van der Waals surface area contributed by atoms with Gasteiger partial charge in [0, 0.05) is 23.7 Å². The summed E-state index contributed by atoms with van der Waals surface area (Å²) in [7, 11) is 3.34. The highest BCUT2D eigenvalue weighted by atomic mass is 32.1. The fourth-order valence-corrected chi connectivity index (χ4v) is 3.41. The average Bonchev–Trinajstić information content (AvgIpc) is 3.05. The first-order chi connectivity index (χ1) is 12.2. The molecule has 136 valence electrons. The zero-order valence-electron chi connectivity index (χ0n) is 15.7. The number of rotatable bonds is 8. The molecule has 0 saturated heterocycles. The normalized spacial score (nSPS) is 12.3. The molecule has 0 unspecified atom stereocenters. The van der Waals surface area contributed by atoms with Crippen LogP contribution in [0.4, 0.5) is 0 Å². The van der Waals surface area contributed by atoms with Crippen molar-refractivity contribution in [3.05, 3.63) is 28.4 Å². The maximum absolute atomic E-state index is 5.54. The molecule has 0 N–H and O–H groups in total. The van der Waals surface area contributed by atoms with E-state index >= 15 is 0 Å². The van der Waals surface area contributed by atoms with Crippen LogP contribution in [-0.4, -0.2) is 31.7 Å². The van der Waals surface area contributed by atoms with Crippen molar-refractivity contribution in [3.63, 3.8) is 0 Å². The van der Waals surface area contributed by atoms with Gasteiger partial charge in [0.25, 0.3) is 0 Å². The van der Waals surface area contributed by atoms with Gasteiger partial charge in [-0.05, 0) is 43.9 Å². The Balaban J connectivity index is 2.61. The summed E-state index contributed by atoms with van der Waals surface area (Å²) in [6, 6.07) is 5.78. The van der Waals surface area contributed by atoms with Crippen LogP contribution >= 0.6 is 11.3 Å². The van der Waals surface area contributed by atoms with Crippen LogP contribution in [-0.2, 0) is 0 Å². The lowest BCUT2D eigenvalue weighted by molar-refractivity contribution is 0.404. The summed E-state index contributed by atoms with van der Waals surface area (Å²) < 4.78 is 12.8. The van der Waals surface area contributed by atoms with Gasteiger partial charge in [-0.25, -0.2) is 4.68 Å². The summed E-state index contributed by atoms with van der Waals surface area (Å²) in [4.78, 5) is 5.46. The maximum atomic E-state index is 5.54. The molecule has 2 aromatic rings. The number of methoxy groups -OCH3 is 2.